The van der Waals surface area contributed by atoms with Crippen LogP contribution in [0.2, 0.25) is 10.0 Å². The number of carbonyl (C=O) groups is 1. The molecule has 0 atom stereocenters. The lowest BCUT2D eigenvalue weighted by Gasteiger charge is -2.08. The average molecular weight is 517 g/mol. The minimum atomic E-state index is -0.421. The van der Waals surface area contributed by atoms with Crippen molar-refractivity contribution >= 4 is 50.6 Å². The largest absolute Gasteiger partial charge is 0.484 e. The SMILES string of the molecule is O=C(COc1cccc(Cl)c1Cl)Cc1nonc1/C(Cc1ccc(F)c(Br)c1)=N/O. The Morgan fingerprint density at radius 1 is 1.23 bits per heavy atom. The summed E-state index contributed by atoms with van der Waals surface area (Å²) in [7, 11) is 0. The second-order valence-corrected chi connectivity index (χ2v) is 7.73. The van der Waals surface area contributed by atoms with Crippen LogP contribution in [0.1, 0.15) is 17.0 Å². The summed E-state index contributed by atoms with van der Waals surface area (Å²) in [6.45, 7) is -0.289. The van der Waals surface area contributed by atoms with Gasteiger partial charge in [0.1, 0.15) is 34.6 Å². The van der Waals surface area contributed by atoms with Crippen LogP contribution >= 0.6 is 39.1 Å². The average Bonchev–Trinajstić information content (AvgIpc) is 3.17. The molecule has 1 heterocycles. The summed E-state index contributed by atoms with van der Waals surface area (Å²) in [5.74, 6) is -0.490. The van der Waals surface area contributed by atoms with Gasteiger partial charge in [-0.15, -0.1) is 0 Å². The van der Waals surface area contributed by atoms with Gasteiger partial charge in [-0.1, -0.05) is 45.6 Å². The standard InChI is InChI=1S/C19H13BrCl2FN3O4/c20-12-6-10(4-5-14(12)23)7-15(24-28)19-16(25-30-26-19)8-11(27)9-29-17-3-1-2-13(21)18(17)22/h1-6,28H,7-9H2/b24-15+. The first-order valence-corrected chi connectivity index (χ1v) is 9.99. The van der Waals surface area contributed by atoms with Gasteiger partial charge in [-0.3, -0.25) is 4.79 Å². The molecular weight excluding hydrogens is 504 g/mol. The number of carbonyl (C=O) groups excluding carboxylic acids is 1. The number of oxime groups is 1. The maximum Gasteiger partial charge on any atom is 0.176 e. The fourth-order valence-corrected chi connectivity index (χ4v) is 3.32. The molecule has 0 saturated carbocycles. The Hall–Kier alpha value is -2.49. The third kappa shape index (κ3) is 5.35. The molecule has 7 nitrogen and oxygen atoms in total. The van der Waals surface area contributed by atoms with Crippen molar-refractivity contribution in [2.24, 2.45) is 5.16 Å². The van der Waals surface area contributed by atoms with E-state index < -0.39 is 5.82 Å². The summed E-state index contributed by atoms with van der Waals surface area (Å²) in [6, 6.07) is 9.18. The van der Waals surface area contributed by atoms with Crippen LogP contribution in [0.5, 0.6) is 5.75 Å². The van der Waals surface area contributed by atoms with Gasteiger partial charge in [-0.25, -0.2) is 9.02 Å². The Morgan fingerprint density at radius 2 is 2.03 bits per heavy atom. The number of hydrogen-bond donors (Lipinski definition) is 1. The number of Topliss-reactive ketones (excluding diaryl/α,β-unsaturated/α-hetero) is 1. The Kier molecular flexibility index (Phi) is 7.41. The van der Waals surface area contributed by atoms with Gasteiger partial charge < -0.3 is 9.94 Å². The summed E-state index contributed by atoms with van der Waals surface area (Å²) in [6.07, 6.45) is -0.0669. The zero-order chi connectivity index (χ0) is 21.7. The van der Waals surface area contributed by atoms with Crippen molar-refractivity contribution in [2.75, 3.05) is 6.61 Å². The molecule has 1 N–H and O–H groups in total. The van der Waals surface area contributed by atoms with Crippen molar-refractivity contribution < 1.29 is 23.8 Å². The zero-order valence-electron chi connectivity index (χ0n) is 15.1. The molecule has 3 aromatic rings. The highest BCUT2D eigenvalue weighted by molar-refractivity contribution is 9.10. The van der Waals surface area contributed by atoms with Crippen LogP contribution in [0, 0.1) is 5.82 Å². The van der Waals surface area contributed by atoms with E-state index in [4.69, 9.17) is 32.6 Å². The van der Waals surface area contributed by atoms with E-state index >= 15 is 0 Å². The highest BCUT2D eigenvalue weighted by Crippen LogP contribution is 2.31. The zero-order valence-corrected chi connectivity index (χ0v) is 18.2. The Morgan fingerprint density at radius 3 is 2.77 bits per heavy atom. The molecule has 3 rings (SSSR count). The summed E-state index contributed by atoms with van der Waals surface area (Å²) in [4.78, 5) is 12.3. The van der Waals surface area contributed by atoms with E-state index in [1.807, 2.05) is 0 Å². The fourth-order valence-electron chi connectivity index (χ4n) is 2.54. The highest BCUT2D eigenvalue weighted by Gasteiger charge is 2.21. The lowest BCUT2D eigenvalue weighted by atomic mass is 10.0. The molecule has 30 heavy (non-hydrogen) atoms. The molecule has 0 spiro atoms. The Bertz CT molecular complexity index is 1110. The molecular formula is C19H13BrCl2FN3O4. The predicted molar refractivity (Wildman–Crippen MR) is 111 cm³/mol. The molecule has 0 fully saturated rings. The molecule has 2 aromatic carbocycles. The highest BCUT2D eigenvalue weighted by atomic mass is 79.9. The van der Waals surface area contributed by atoms with Crippen LogP contribution in [0.4, 0.5) is 4.39 Å². The van der Waals surface area contributed by atoms with Crippen LogP contribution in [-0.2, 0) is 17.6 Å². The van der Waals surface area contributed by atoms with Gasteiger partial charge in [-0.05, 0) is 50.9 Å². The van der Waals surface area contributed by atoms with Crippen molar-refractivity contribution in [1.82, 2.24) is 10.3 Å². The van der Waals surface area contributed by atoms with Crippen molar-refractivity contribution in [1.29, 1.82) is 0 Å². The lowest BCUT2D eigenvalue weighted by molar-refractivity contribution is -0.120. The summed E-state index contributed by atoms with van der Waals surface area (Å²) in [5.41, 5.74) is 1.05. The van der Waals surface area contributed by atoms with E-state index in [1.54, 1.807) is 24.3 Å². The van der Waals surface area contributed by atoms with E-state index in [0.29, 0.717) is 10.6 Å². The maximum atomic E-state index is 13.4. The Balaban J connectivity index is 1.68. The number of halogens is 4. The molecule has 0 aliphatic rings. The number of hydrogen-bond acceptors (Lipinski definition) is 7. The van der Waals surface area contributed by atoms with Gasteiger partial charge in [-0.2, -0.15) is 0 Å². The normalized spacial score (nSPS) is 11.5. The summed E-state index contributed by atoms with van der Waals surface area (Å²) in [5, 5.41) is 20.6. The first-order chi connectivity index (χ1) is 14.4. The van der Waals surface area contributed by atoms with Gasteiger partial charge in [0.25, 0.3) is 0 Å². The molecule has 0 aliphatic carbocycles. The van der Waals surface area contributed by atoms with E-state index in [-0.39, 0.29) is 57.6 Å². The van der Waals surface area contributed by atoms with E-state index in [9.17, 15) is 14.4 Å². The number of aromatic nitrogens is 2. The van der Waals surface area contributed by atoms with Crippen LogP contribution in [0.3, 0.4) is 0 Å². The van der Waals surface area contributed by atoms with Crippen LogP contribution in [0.15, 0.2) is 50.7 Å². The lowest BCUT2D eigenvalue weighted by Crippen LogP contribution is -2.17. The third-order valence-electron chi connectivity index (χ3n) is 3.98. The van der Waals surface area contributed by atoms with Gasteiger partial charge >= 0.3 is 0 Å². The monoisotopic (exact) mass is 515 g/mol. The first-order valence-electron chi connectivity index (χ1n) is 8.44. The third-order valence-corrected chi connectivity index (χ3v) is 5.38. The van der Waals surface area contributed by atoms with Crippen molar-refractivity contribution in [2.45, 2.75) is 12.8 Å². The molecule has 0 aliphatic heterocycles. The quantitative estimate of drug-likeness (QED) is 0.260. The second kappa shape index (κ2) is 10.0. The van der Waals surface area contributed by atoms with Crippen molar-refractivity contribution in [3.8, 4) is 5.75 Å². The first kappa shape index (κ1) is 22.2. The predicted octanol–water partition coefficient (Wildman–Crippen LogP) is 4.89. The number of rotatable bonds is 8. The van der Waals surface area contributed by atoms with Crippen molar-refractivity contribution in [3.63, 3.8) is 0 Å². The van der Waals surface area contributed by atoms with Crippen LogP contribution in [-0.4, -0.2) is 33.6 Å². The maximum absolute atomic E-state index is 13.4. The molecule has 0 unspecified atom stereocenters. The smallest absolute Gasteiger partial charge is 0.176 e. The minimum Gasteiger partial charge on any atom is -0.484 e. The summed E-state index contributed by atoms with van der Waals surface area (Å²) < 4.78 is 23.8. The van der Waals surface area contributed by atoms with Crippen LogP contribution in [0.25, 0.3) is 0 Å². The molecule has 156 valence electrons. The minimum absolute atomic E-state index is 0.108. The van der Waals surface area contributed by atoms with E-state index in [2.05, 4.69) is 31.4 Å². The van der Waals surface area contributed by atoms with E-state index in [1.165, 1.54) is 12.1 Å². The van der Waals surface area contributed by atoms with Crippen LogP contribution < -0.4 is 4.74 Å². The topological polar surface area (TPSA) is 97.8 Å². The van der Waals surface area contributed by atoms with E-state index in [0.717, 1.165) is 0 Å². The Labute approximate surface area is 188 Å². The van der Waals surface area contributed by atoms with Gasteiger partial charge in [0.2, 0.25) is 0 Å². The number of benzene rings is 2. The molecule has 0 bridgehead atoms. The van der Waals surface area contributed by atoms with Gasteiger partial charge in [0.05, 0.1) is 15.9 Å². The molecule has 0 amide bonds. The number of ketones is 1. The molecule has 11 heteroatoms. The molecule has 0 saturated heterocycles. The fraction of sp³-hybridized carbons (Fsp3) is 0.158. The van der Waals surface area contributed by atoms with Gasteiger partial charge in [0, 0.05) is 6.42 Å². The van der Waals surface area contributed by atoms with Crippen molar-refractivity contribution in [3.05, 3.63) is 73.7 Å². The molecule has 1 aromatic heterocycles. The number of nitrogens with zero attached hydrogens (tertiary/aromatic N) is 3. The van der Waals surface area contributed by atoms with Gasteiger partial charge in [0.15, 0.2) is 11.5 Å². The summed E-state index contributed by atoms with van der Waals surface area (Å²) >= 11 is 15.0. The molecule has 0 radical (unpaired) electrons. The number of ether oxygens (including phenoxy) is 1. The second-order valence-electron chi connectivity index (χ2n) is 6.09.